The quantitative estimate of drug-likeness (QED) is 0.234. The summed E-state index contributed by atoms with van der Waals surface area (Å²) in [6.45, 7) is 6.83. The molecule has 0 saturated heterocycles. The average molecular weight is 575 g/mol. The van der Waals surface area contributed by atoms with Gasteiger partial charge in [0.1, 0.15) is 11.6 Å². The minimum absolute atomic E-state index is 0.178. The lowest BCUT2D eigenvalue weighted by molar-refractivity contribution is -0.181. The van der Waals surface area contributed by atoms with E-state index in [9.17, 15) is 39.0 Å². The second-order valence-corrected chi connectivity index (χ2v) is 12.5. The van der Waals surface area contributed by atoms with Gasteiger partial charge in [0, 0.05) is 23.1 Å². The first-order valence-electron chi connectivity index (χ1n) is 13.3. The third-order valence-electron chi connectivity index (χ3n) is 8.55. The van der Waals surface area contributed by atoms with Crippen molar-refractivity contribution in [1.82, 2.24) is 10.2 Å². The number of hydrogen-bond donors (Lipinski definition) is 5. The highest BCUT2D eigenvalue weighted by molar-refractivity contribution is 6.32. The van der Waals surface area contributed by atoms with Gasteiger partial charge in [0.25, 0.3) is 0 Å². The predicted octanol–water partition coefficient (Wildman–Crippen LogP) is -0.106. The summed E-state index contributed by atoms with van der Waals surface area (Å²) in [5, 5.41) is 28.0. The minimum atomic E-state index is -2.89. The number of nitrogens with zero attached hydrogens (tertiary/aromatic N) is 1. The number of nitrogens with two attached hydrogens (primary N) is 1. The lowest BCUT2D eigenvalue weighted by Gasteiger charge is -2.53. The Kier molecular flexibility index (Phi) is 7.47. The molecule has 222 valence electrons. The van der Waals surface area contributed by atoms with Gasteiger partial charge in [-0.3, -0.25) is 33.7 Å². The summed E-state index contributed by atoms with van der Waals surface area (Å²) in [4.78, 5) is 80.2. The molecule has 6 N–H and O–H groups in total. The molecule has 1 aromatic rings. The van der Waals surface area contributed by atoms with Gasteiger partial charge in [0.05, 0.1) is 29.8 Å². The number of likely N-dealkylation sites (N-methyl/N-ethyl adjacent to an activating group) is 1. The molecule has 4 rings (SSSR count). The third kappa shape index (κ3) is 4.65. The Morgan fingerprint density at radius 1 is 1.17 bits per heavy atom. The highest BCUT2D eigenvalue weighted by atomic mass is 19.1. The van der Waals surface area contributed by atoms with Crippen molar-refractivity contribution in [3.63, 3.8) is 0 Å². The molecule has 1 aromatic carbocycles. The maximum atomic E-state index is 15.6. The van der Waals surface area contributed by atoms with Gasteiger partial charge >= 0.3 is 0 Å². The van der Waals surface area contributed by atoms with Crippen molar-refractivity contribution in [1.29, 1.82) is 0 Å². The Morgan fingerprint density at radius 2 is 1.78 bits per heavy atom. The summed E-state index contributed by atoms with van der Waals surface area (Å²) in [5.74, 6) is -15.1. The molecule has 2 saturated carbocycles. The van der Waals surface area contributed by atoms with Crippen LogP contribution in [-0.2, 0) is 24.0 Å². The lowest BCUT2D eigenvalue weighted by Crippen LogP contribution is -2.74. The summed E-state index contributed by atoms with van der Waals surface area (Å²) in [7, 11) is 2.95. The molecule has 0 radical (unpaired) electrons. The van der Waals surface area contributed by atoms with Crippen molar-refractivity contribution >= 4 is 40.6 Å². The topological polar surface area (TPSA) is 196 Å². The van der Waals surface area contributed by atoms with Gasteiger partial charge in [-0.15, -0.1) is 0 Å². The van der Waals surface area contributed by atoms with Crippen molar-refractivity contribution in [2.75, 3.05) is 26.0 Å². The number of nitrogens with one attached hydrogen (secondary N) is 2. The van der Waals surface area contributed by atoms with Crippen molar-refractivity contribution in [3.05, 3.63) is 23.0 Å². The molecule has 3 aliphatic carbocycles. The van der Waals surface area contributed by atoms with E-state index in [4.69, 9.17) is 5.73 Å². The van der Waals surface area contributed by atoms with E-state index in [1.807, 2.05) is 20.8 Å². The van der Waals surface area contributed by atoms with E-state index in [-0.39, 0.29) is 24.2 Å². The Labute approximate surface area is 235 Å². The van der Waals surface area contributed by atoms with Crippen LogP contribution in [0.15, 0.2) is 6.07 Å². The van der Waals surface area contributed by atoms with Crippen molar-refractivity contribution in [3.8, 4) is 5.75 Å². The van der Waals surface area contributed by atoms with Gasteiger partial charge in [0.2, 0.25) is 11.8 Å². The number of carbonyl (C=O) groups excluding carboxylic acids is 6. The van der Waals surface area contributed by atoms with Crippen molar-refractivity contribution in [2.45, 2.75) is 57.2 Å². The van der Waals surface area contributed by atoms with Gasteiger partial charge in [-0.05, 0) is 53.1 Å². The molecule has 2 amide bonds. The summed E-state index contributed by atoms with van der Waals surface area (Å²) in [6.07, 6.45) is -0.206. The molecule has 2 unspecified atom stereocenters. The summed E-state index contributed by atoms with van der Waals surface area (Å²) >= 11 is 0. The molecule has 41 heavy (non-hydrogen) atoms. The van der Waals surface area contributed by atoms with Crippen LogP contribution >= 0.6 is 0 Å². The zero-order valence-electron chi connectivity index (χ0n) is 23.7. The molecule has 0 aliphatic heterocycles. The van der Waals surface area contributed by atoms with Crippen LogP contribution in [-0.4, -0.2) is 87.9 Å². The van der Waals surface area contributed by atoms with Gasteiger partial charge in [0.15, 0.2) is 34.7 Å². The monoisotopic (exact) mass is 574 g/mol. The number of benzene rings is 1. The van der Waals surface area contributed by atoms with Crippen LogP contribution in [0.3, 0.4) is 0 Å². The third-order valence-corrected chi connectivity index (χ3v) is 8.55. The molecule has 12 nitrogen and oxygen atoms in total. The number of phenols is 1. The Hall–Kier alpha value is -3.55. The first-order chi connectivity index (χ1) is 18.8. The Balaban J connectivity index is 1.80. The fourth-order valence-electron chi connectivity index (χ4n) is 6.64. The zero-order valence-corrected chi connectivity index (χ0v) is 23.7. The van der Waals surface area contributed by atoms with Gasteiger partial charge in [-0.25, -0.2) is 4.39 Å². The predicted molar refractivity (Wildman–Crippen MR) is 142 cm³/mol. The van der Waals surface area contributed by atoms with E-state index < -0.39 is 98.8 Å². The molecular weight excluding hydrogens is 539 g/mol. The minimum Gasteiger partial charge on any atom is -0.505 e. The number of ketones is 4. The van der Waals surface area contributed by atoms with Crippen LogP contribution < -0.4 is 16.4 Å². The zero-order chi connectivity index (χ0) is 30.9. The molecule has 0 heterocycles. The second-order valence-electron chi connectivity index (χ2n) is 12.5. The van der Waals surface area contributed by atoms with E-state index in [0.717, 1.165) is 6.07 Å². The van der Waals surface area contributed by atoms with Gasteiger partial charge < -0.3 is 26.6 Å². The number of hydrogen-bond acceptors (Lipinski definition) is 10. The number of carbonyl (C=O) groups is 6. The number of fused-ring (bicyclic) bond motifs is 3. The first kappa shape index (κ1) is 30.4. The van der Waals surface area contributed by atoms with E-state index in [1.54, 1.807) is 0 Å². The molecule has 3 aliphatic rings. The Bertz CT molecular complexity index is 1390. The van der Waals surface area contributed by atoms with Crippen molar-refractivity contribution in [2.24, 2.45) is 29.4 Å². The number of rotatable bonds is 5. The number of Topliss-reactive ketones (excluding diaryl/α,β-unsaturated/α-hetero) is 4. The number of aromatic hydroxyl groups is 1. The molecule has 0 aromatic heterocycles. The SMILES string of the molecule is C[C@H]1c2c(F)cc(NC(=O)CNC(C)(C)C)c(O)c2C(=O)C2C(=O)[C@]3(O)C(=O)C(C(N)=O)C(=O)[C@@H](N(C)C)[C@@H]3C[C@@H]21. The van der Waals surface area contributed by atoms with E-state index in [1.165, 1.54) is 25.9 Å². The maximum Gasteiger partial charge on any atom is 0.238 e. The maximum absolute atomic E-state index is 15.6. The van der Waals surface area contributed by atoms with Crippen LogP contribution in [0, 0.1) is 29.5 Å². The normalized spacial score (nSPS) is 31.4. The van der Waals surface area contributed by atoms with Gasteiger partial charge in [-0.1, -0.05) is 6.92 Å². The van der Waals surface area contributed by atoms with Crippen LogP contribution in [0.1, 0.15) is 56.0 Å². The highest BCUT2D eigenvalue weighted by Crippen LogP contribution is 2.55. The first-order valence-corrected chi connectivity index (χ1v) is 13.3. The second kappa shape index (κ2) is 10.1. The van der Waals surface area contributed by atoms with E-state index >= 15 is 4.39 Å². The van der Waals surface area contributed by atoms with Crippen LogP contribution in [0.4, 0.5) is 10.1 Å². The number of anilines is 1. The number of amides is 2. The highest BCUT2D eigenvalue weighted by Gasteiger charge is 2.70. The van der Waals surface area contributed by atoms with Crippen molar-refractivity contribution < 1.29 is 43.4 Å². The fourth-order valence-corrected chi connectivity index (χ4v) is 6.64. The number of primary amides is 1. The summed E-state index contributed by atoms with van der Waals surface area (Å²) in [5.41, 5.74) is 0.903. The van der Waals surface area contributed by atoms with Crippen LogP contribution in [0.5, 0.6) is 5.75 Å². The fraction of sp³-hybridized carbons (Fsp3) is 0.571. The summed E-state index contributed by atoms with van der Waals surface area (Å²) < 4.78 is 15.6. The molecular formula is C28H35FN4O8. The molecule has 7 atom stereocenters. The van der Waals surface area contributed by atoms with Crippen LogP contribution in [0.25, 0.3) is 0 Å². The average Bonchev–Trinajstić information content (AvgIpc) is 2.84. The van der Waals surface area contributed by atoms with E-state index in [0.29, 0.717) is 0 Å². The number of phenolic OH excluding ortho intramolecular Hbond substituents is 1. The largest absolute Gasteiger partial charge is 0.505 e. The molecule has 2 fully saturated rings. The molecule has 0 bridgehead atoms. The molecule has 13 heteroatoms. The number of aliphatic hydroxyl groups is 1. The summed E-state index contributed by atoms with van der Waals surface area (Å²) in [6, 6.07) is -0.372. The van der Waals surface area contributed by atoms with Gasteiger partial charge in [-0.2, -0.15) is 0 Å². The smallest absolute Gasteiger partial charge is 0.238 e. The Morgan fingerprint density at radius 3 is 2.32 bits per heavy atom. The van der Waals surface area contributed by atoms with E-state index in [2.05, 4.69) is 10.6 Å². The lowest BCUT2D eigenvalue weighted by atomic mass is 9.50. The standard InChI is InChI=1S/C28H35FN4O8/c1-10-11-7-12-20(33(5)6)23(37)19(26(30)40)25(39)28(12,41)24(38)17(11)22(36)18-16(10)13(29)8-14(21(18)35)32-15(34)9-31-27(2,3)4/h8,10-12,17,19-20,31,35,41H,7,9H2,1-6H3,(H2,30,40)(H,32,34)/t10-,11-,12+,17?,19?,20+,28+/m1/s1. The number of halogens is 1. The van der Waals surface area contributed by atoms with Crippen LogP contribution in [0.2, 0.25) is 0 Å². The molecule has 0 spiro atoms.